The molecule has 7 rings (SSSR count). The second-order valence-electron chi connectivity index (χ2n) is 21.4. The van der Waals surface area contributed by atoms with E-state index in [-0.39, 0.29) is 0 Å². The predicted octanol–water partition coefficient (Wildman–Crippen LogP) is -15.2. The van der Waals surface area contributed by atoms with Gasteiger partial charge in [-0.3, -0.25) is 14.4 Å². The molecule has 7 aliphatic rings. The van der Waals surface area contributed by atoms with Crippen LogP contribution in [0.2, 0.25) is 0 Å². The second kappa shape index (κ2) is 30.3. The van der Waals surface area contributed by atoms with Crippen molar-refractivity contribution >= 4 is 17.7 Å². The number of rotatable bonds is 21. The van der Waals surface area contributed by atoms with E-state index in [1.54, 1.807) is 0 Å². The van der Waals surface area contributed by atoms with Crippen molar-refractivity contribution in [3.8, 4) is 0 Å². The van der Waals surface area contributed by atoms with Crippen molar-refractivity contribution in [2.24, 2.45) is 0 Å². The van der Waals surface area contributed by atoms with Gasteiger partial charge in [-0.15, -0.1) is 0 Å². The largest absolute Gasteiger partial charge is 0.394 e. The van der Waals surface area contributed by atoms with Crippen molar-refractivity contribution in [1.82, 2.24) is 16.0 Å². The number of nitrogens with one attached hydrogen (secondary N) is 3. The minimum absolute atomic E-state index is 0.725. The molecule has 0 aromatic carbocycles. The van der Waals surface area contributed by atoms with E-state index in [4.69, 9.17) is 61.6 Å². The highest BCUT2D eigenvalue weighted by molar-refractivity contribution is 5.74. The topological polar surface area (TPSA) is 592 Å². The standard InChI is InChI=1S/C47H79N3O35/c1-11(56)48-21-29(65)36(17(6-53)75-41(21)72)81-43-23(50-13(3)58)30(66)37(18(7-54)78-43)83-47-40(85-45-33(69)24(60)14(59)9-73-45)39(84-46-34(70)31(67)26(62)16(5-52)77-46)27(63)20(80-47)10-74-44-35(71)32(68)38(19(8-55)79-44)82-42-22(49-12(2)57)28(64)25(61)15(4-51)76-42/h14-47,51-55,59-72H,4-10H2,1-3H3,(H,48,56)(H,49,57)(H,50,58)/t14-,15-,16-,17-,18-,19-,20-,21-,22-,23-,24+,25-,26-,27-,28-,29-,30-,31+,32-,33-,34+,35+,36-,37-,38-,39+,40+,41-,42+,43+,44+,45+,46-,47+/m1/s1. The summed E-state index contributed by atoms with van der Waals surface area (Å²) < 4.78 is 76.1. The van der Waals surface area contributed by atoms with Gasteiger partial charge in [-0.05, 0) is 0 Å². The Morgan fingerprint density at radius 1 is 0.353 bits per heavy atom. The van der Waals surface area contributed by atoms with Gasteiger partial charge in [0.1, 0.15) is 165 Å². The van der Waals surface area contributed by atoms with Gasteiger partial charge in [0.2, 0.25) is 17.7 Å². The van der Waals surface area contributed by atoms with Crippen LogP contribution in [0.1, 0.15) is 20.8 Å². The number of aliphatic hydroxyl groups is 19. The van der Waals surface area contributed by atoms with Crippen molar-refractivity contribution < 1.29 is 173 Å². The summed E-state index contributed by atoms with van der Waals surface area (Å²) in [7, 11) is 0. The Balaban J connectivity index is 1.22. The maximum atomic E-state index is 12.8. The first-order chi connectivity index (χ1) is 40.2. The molecule has 0 saturated carbocycles. The minimum Gasteiger partial charge on any atom is -0.394 e. The first kappa shape index (κ1) is 69.6. The molecule has 7 fully saturated rings. The summed E-state index contributed by atoms with van der Waals surface area (Å²) in [4.78, 5) is 36.9. The van der Waals surface area contributed by atoms with Gasteiger partial charge in [-0.1, -0.05) is 0 Å². The van der Waals surface area contributed by atoms with Crippen molar-refractivity contribution in [3.05, 3.63) is 0 Å². The number of hydrogen-bond donors (Lipinski definition) is 22. The molecule has 0 aromatic heterocycles. The fourth-order valence-electron chi connectivity index (χ4n) is 10.8. The highest BCUT2D eigenvalue weighted by Crippen LogP contribution is 2.38. The van der Waals surface area contributed by atoms with Crippen LogP contribution in [0.3, 0.4) is 0 Å². The van der Waals surface area contributed by atoms with Gasteiger partial charge in [0.15, 0.2) is 44.0 Å². The lowest BCUT2D eigenvalue weighted by Gasteiger charge is -2.51. The highest BCUT2D eigenvalue weighted by Gasteiger charge is 2.59. The maximum absolute atomic E-state index is 12.8. The average molecular weight is 1250 g/mol. The van der Waals surface area contributed by atoms with Crippen molar-refractivity contribution in [3.63, 3.8) is 0 Å². The molecule has 22 N–H and O–H groups in total. The molecule has 3 amide bonds. The summed E-state index contributed by atoms with van der Waals surface area (Å²) in [6.45, 7) is -3.68. The second-order valence-corrected chi connectivity index (χ2v) is 21.4. The molecule has 492 valence electrons. The van der Waals surface area contributed by atoms with Crippen LogP contribution < -0.4 is 16.0 Å². The summed E-state index contributed by atoms with van der Waals surface area (Å²) in [5.74, 6) is -2.38. The van der Waals surface area contributed by atoms with Crippen LogP contribution in [0, 0.1) is 0 Å². The van der Waals surface area contributed by atoms with Gasteiger partial charge in [-0.25, -0.2) is 0 Å². The fraction of sp³-hybridized carbons (Fsp3) is 0.936. The smallest absolute Gasteiger partial charge is 0.217 e. The summed E-state index contributed by atoms with van der Waals surface area (Å²) in [6, 6.07) is -5.01. The van der Waals surface area contributed by atoms with Gasteiger partial charge < -0.3 is 175 Å². The number of ether oxygens (including phenoxy) is 13. The van der Waals surface area contributed by atoms with Gasteiger partial charge in [0.05, 0.1) is 46.2 Å². The first-order valence-corrected chi connectivity index (χ1v) is 27.0. The number of carbonyl (C=O) groups excluding carboxylic acids is 3. The molecule has 0 aromatic rings. The molecule has 7 saturated heterocycles. The maximum Gasteiger partial charge on any atom is 0.217 e. The van der Waals surface area contributed by atoms with E-state index < -0.39 is 273 Å². The molecule has 38 nitrogen and oxygen atoms in total. The molecular weight excluding hydrogens is 1170 g/mol. The fourth-order valence-corrected chi connectivity index (χ4v) is 10.8. The Morgan fingerprint density at radius 2 is 0.741 bits per heavy atom. The zero-order valence-corrected chi connectivity index (χ0v) is 45.6. The summed E-state index contributed by atoms with van der Waals surface area (Å²) >= 11 is 0. The minimum atomic E-state index is -2.29. The Kier molecular flexibility index (Phi) is 24.8. The van der Waals surface area contributed by atoms with Crippen molar-refractivity contribution in [1.29, 1.82) is 0 Å². The molecule has 34 atom stereocenters. The van der Waals surface area contributed by atoms with E-state index in [2.05, 4.69) is 16.0 Å². The highest BCUT2D eigenvalue weighted by atomic mass is 16.8. The molecule has 7 heterocycles. The third kappa shape index (κ3) is 15.5. The summed E-state index contributed by atoms with van der Waals surface area (Å²) in [6.07, 6.45) is -61.0. The van der Waals surface area contributed by atoms with Crippen LogP contribution in [0.15, 0.2) is 0 Å². The SMILES string of the molecule is CC(=O)N[C@@H]1[C@@H](O)[C@H](O[C@@H]2O[C@H](CO)[C@@H](O[C@@H]3O[C@H](CO[C@H]4O[C@H](CO)[C@@H](O[C@@H]5O[C@H](CO)[C@@H](O)[C@H](O)[C@H]5NC(C)=O)[C@H](O)[C@@H]4O)[C@@H](O)[C@H](O[C@H]4O[C@H](CO)[C@@H](O)[C@H](O)[C@@H]4O)[C@@H]3O[C@@H]3OC[C@@H](O)[C@H](O)[C@H]3O)[C@H](O)[C@H]2NC(C)=O)[C@@H](CO)O[C@H]1O. The van der Waals surface area contributed by atoms with Crippen LogP contribution >= 0.6 is 0 Å². The molecular formula is C47H79N3O35. The summed E-state index contributed by atoms with van der Waals surface area (Å²) in [5, 5.41) is 214. The van der Waals surface area contributed by atoms with E-state index in [1.165, 1.54) is 0 Å². The Labute approximate surface area is 481 Å². The molecule has 0 bridgehead atoms. The van der Waals surface area contributed by atoms with Crippen LogP contribution in [0.4, 0.5) is 0 Å². The number of aliphatic hydroxyl groups excluding tert-OH is 19. The summed E-state index contributed by atoms with van der Waals surface area (Å²) in [5.41, 5.74) is 0. The lowest BCUT2D eigenvalue weighted by molar-refractivity contribution is -0.404. The van der Waals surface area contributed by atoms with Crippen LogP contribution in [0.5, 0.6) is 0 Å². The van der Waals surface area contributed by atoms with E-state index in [0.717, 1.165) is 20.8 Å². The third-order valence-corrected chi connectivity index (χ3v) is 15.3. The van der Waals surface area contributed by atoms with Gasteiger partial charge in [0.25, 0.3) is 0 Å². The third-order valence-electron chi connectivity index (χ3n) is 15.3. The number of carbonyl (C=O) groups is 3. The quantitative estimate of drug-likeness (QED) is 0.0507. The average Bonchev–Trinajstić information content (AvgIpc) is 1.79. The normalized spacial score (nSPS) is 48.9. The molecule has 7 aliphatic heterocycles. The predicted molar refractivity (Wildman–Crippen MR) is 261 cm³/mol. The van der Waals surface area contributed by atoms with Crippen LogP contribution in [0.25, 0.3) is 0 Å². The number of hydrogen-bond acceptors (Lipinski definition) is 35. The molecule has 0 spiro atoms. The lowest BCUT2D eigenvalue weighted by Crippen LogP contribution is -2.71. The van der Waals surface area contributed by atoms with E-state index in [0.29, 0.717) is 0 Å². The van der Waals surface area contributed by atoms with Crippen LogP contribution in [-0.4, -0.2) is 370 Å². The zero-order chi connectivity index (χ0) is 62.6. The molecule has 0 radical (unpaired) electrons. The molecule has 38 heteroatoms. The molecule has 85 heavy (non-hydrogen) atoms. The zero-order valence-electron chi connectivity index (χ0n) is 45.6. The van der Waals surface area contributed by atoms with Crippen molar-refractivity contribution in [2.75, 3.05) is 46.2 Å². The van der Waals surface area contributed by atoms with E-state index >= 15 is 0 Å². The monoisotopic (exact) mass is 1250 g/mol. The Hall–Kier alpha value is -2.87. The van der Waals surface area contributed by atoms with Gasteiger partial charge >= 0.3 is 0 Å². The first-order valence-electron chi connectivity index (χ1n) is 27.0. The van der Waals surface area contributed by atoms with E-state index in [1.807, 2.05) is 0 Å². The van der Waals surface area contributed by atoms with E-state index in [9.17, 15) is 111 Å². The Morgan fingerprint density at radius 3 is 1.28 bits per heavy atom. The molecule has 0 unspecified atom stereocenters. The van der Waals surface area contributed by atoms with Gasteiger partial charge in [-0.2, -0.15) is 0 Å². The van der Waals surface area contributed by atoms with Gasteiger partial charge in [0, 0.05) is 20.8 Å². The van der Waals surface area contributed by atoms with Crippen molar-refractivity contribution in [2.45, 2.75) is 229 Å². The Bertz CT molecular complexity index is 2130. The number of amides is 3. The lowest BCUT2D eigenvalue weighted by atomic mass is 9.93. The van der Waals surface area contributed by atoms with Crippen LogP contribution in [-0.2, 0) is 76.0 Å². The molecule has 0 aliphatic carbocycles.